The SMILES string of the molecule is Cc1cc(C(c2ccc([N+](=O)[O-])cc2)c2cc(C)c(O)c(C(C)(C)C)c2)cc(C(C)(C)C)c1O. The van der Waals surface area contributed by atoms with Crippen LogP contribution in [0.5, 0.6) is 11.5 Å². The molecule has 0 aliphatic heterocycles. The Morgan fingerprint density at radius 1 is 0.706 bits per heavy atom. The molecule has 0 amide bonds. The number of hydrogen-bond donors (Lipinski definition) is 2. The van der Waals surface area contributed by atoms with Crippen LogP contribution < -0.4 is 0 Å². The highest BCUT2D eigenvalue weighted by Gasteiger charge is 2.27. The number of nitro benzene ring substituents is 1. The second-order valence-corrected chi connectivity index (χ2v) is 11.2. The van der Waals surface area contributed by atoms with E-state index in [-0.39, 0.29) is 33.9 Å². The number of phenols is 2. The summed E-state index contributed by atoms with van der Waals surface area (Å²) in [4.78, 5) is 10.8. The summed E-state index contributed by atoms with van der Waals surface area (Å²) in [7, 11) is 0. The highest BCUT2D eigenvalue weighted by atomic mass is 16.6. The maximum atomic E-state index is 11.2. The molecular weight excluding hydrogens is 426 g/mol. The van der Waals surface area contributed by atoms with E-state index in [1.165, 1.54) is 12.1 Å². The van der Waals surface area contributed by atoms with Crippen molar-refractivity contribution in [3.05, 3.63) is 97.6 Å². The van der Waals surface area contributed by atoms with Crippen LogP contribution in [0, 0.1) is 24.0 Å². The number of nitrogens with zero attached hydrogens (tertiary/aromatic N) is 1. The van der Waals surface area contributed by atoms with Gasteiger partial charge >= 0.3 is 0 Å². The van der Waals surface area contributed by atoms with Gasteiger partial charge in [0, 0.05) is 18.1 Å². The van der Waals surface area contributed by atoms with Crippen LogP contribution in [-0.4, -0.2) is 15.1 Å². The molecule has 2 N–H and O–H groups in total. The first-order chi connectivity index (χ1) is 15.6. The van der Waals surface area contributed by atoms with E-state index < -0.39 is 4.92 Å². The van der Waals surface area contributed by atoms with Crippen LogP contribution in [0.25, 0.3) is 0 Å². The van der Waals surface area contributed by atoms with Gasteiger partial charge in [-0.15, -0.1) is 0 Å². The van der Waals surface area contributed by atoms with Crippen LogP contribution in [-0.2, 0) is 10.8 Å². The normalized spacial score (nSPS) is 12.3. The molecule has 3 aromatic rings. The fourth-order valence-corrected chi connectivity index (χ4v) is 4.46. The summed E-state index contributed by atoms with van der Waals surface area (Å²) in [6.07, 6.45) is 0. The lowest BCUT2D eigenvalue weighted by Gasteiger charge is -2.28. The standard InChI is InChI=1S/C29H35NO4/c1-17-13-20(15-23(26(17)31)28(3,4)5)25(19-9-11-22(12-10-19)30(33)34)21-14-18(2)27(32)24(16-21)29(6,7)8/h9-16,25,31-32H,1-8H3. The molecule has 0 unspecified atom stereocenters. The number of phenolic OH excluding ortho intramolecular Hbond substituents is 2. The fraction of sp³-hybridized carbons (Fsp3) is 0.379. The topological polar surface area (TPSA) is 83.6 Å². The van der Waals surface area contributed by atoms with Gasteiger partial charge in [-0.25, -0.2) is 0 Å². The van der Waals surface area contributed by atoms with Crippen molar-refractivity contribution in [2.24, 2.45) is 0 Å². The van der Waals surface area contributed by atoms with Crippen molar-refractivity contribution in [2.75, 3.05) is 0 Å². The number of nitro groups is 1. The highest BCUT2D eigenvalue weighted by molar-refractivity contribution is 5.56. The van der Waals surface area contributed by atoms with Gasteiger partial charge in [-0.3, -0.25) is 10.1 Å². The quantitative estimate of drug-likeness (QED) is 0.241. The molecule has 0 aliphatic rings. The summed E-state index contributed by atoms with van der Waals surface area (Å²) in [6, 6.07) is 14.7. The molecular formula is C29H35NO4. The lowest BCUT2D eigenvalue weighted by molar-refractivity contribution is -0.384. The summed E-state index contributed by atoms with van der Waals surface area (Å²) in [5.74, 6) is 0.341. The van der Waals surface area contributed by atoms with Crippen LogP contribution in [0.1, 0.15) is 86.4 Å². The van der Waals surface area contributed by atoms with Crippen molar-refractivity contribution in [1.29, 1.82) is 0 Å². The van der Waals surface area contributed by atoms with Crippen LogP contribution in [0.3, 0.4) is 0 Å². The lowest BCUT2D eigenvalue weighted by atomic mass is 9.77. The Morgan fingerprint density at radius 2 is 1.09 bits per heavy atom. The molecule has 5 nitrogen and oxygen atoms in total. The zero-order chi connectivity index (χ0) is 25.6. The van der Waals surface area contributed by atoms with Crippen molar-refractivity contribution in [3.63, 3.8) is 0 Å². The first kappa shape index (κ1) is 25.3. The number of non-ortho nitro benzene ring substituents is 1. The lowest BCUT2D eigenvalue weighted by Crippen LogP contribution is -2.15. The van der Waals surface area contributed by atoms with Gasteiger partial charge in [-0.1, -0.05) is 77.9 Å². The van der Waals surface area contributed by atoms with Crippen molar-refractivity contribution >= 4 is 5.69 Å². The van der Waals surface area contributed by atoms with E-state index in [1.807, 2.05) is 38.1 Å². The van der Waals surface area contributed by atoms with Gasteiger partial charge in [0.2, 0.25) is 0 Å². The third-order valence-electron chi connectivity index (χ3n) is 6.37. The van der Waals surface area contributed by atoms with Crippen LogP contribution in [0.2, 0.25) is 0 Å². The smallest absolute Gasteiger partial charge is 0.269 e. The van der Waals surface area contributed by atoms with E-state index in [9.17, 15) is 20.3 Å². The molecule has 34 heavy (non-hydrogen) atoms. The molecule has 0 bridgehead atoms. The van der Waals surface area contributed by atoms with Gasteiger partial charge in [0.1, 0.15) is 11.5 Å². The maximum Gasteiger partial charge on any atom is 0.269 e. The molecule has 0 saturated carbocycles. The summed E-state index contributed by atoms with van der Waals surface area (Å²) in [5.41, 5.74) is 5.62. The maximum absolute atomic E-state index is 11.2. The zero-order valence-corrected chi connectivity index (χ0v) is 21.4. The monoisotopic (exact) mass is 461 g/mol. The molecule has 0 atom stereocenters. The average Bonchev–Trinajstić information content (AvgIpc) is 2.71. The predicted octanol–water partition coefficient (Wildman–Crippen LogP) is 7.40. The Labute approximate surface area is 202 Å². The minimum Gasteiger partial charge on any atom is -0.507 e. The second-order valence-electron chi connectivity index (χ2n) is 11.2. The molecule has 0 saturated heterocycles. The van der Waals surface area contributed by atoms with Crippen molar-refractivity contribution in [2.45, 2.75) is 72.1 Å². The summed E-state index contributed by atoms with van der Waals surface area (Å²) >= 11 is 0. The van der Waals surface area contributed by atoms with E-state index in [4.69, 9.17) is 0 Å². The van der Waals surface area contributed by atoms with Crippen molar-refractivity contribution < 1.29 is 15.1 Å². The minimum absolute atomic E-state index is 0.0389. The summed E-state index contributed by atoms with van der Waals surface area (Å²) in [6.45, 7) is 16.2. The second kappa shape index (κ2) is 8.79. The number of rotatable bonds is 4. The zero-order valence-electron chi connectivity index (χ0n) is 21.4. The van der Waals surface area contributed by atoms with Gasteiger partial charge in [0.15, 0.2) is 0 Å². The average molecular weight is 462 g/mol. The Morgan fingerprint density at radius 3 is 1.41 bits per heavy atom. The predicted molar refractivity (Wildman–Crippen MR) is 137 cm³/mol. The largest absolute Gasteiger partial charge is 0.507 e. The fourth-order valence-electron chi connectivity index (χ4n) is 4.46. The number of benzene rings is 3. The number of aryl methyl sites for hydroxylation is 2. The van der Waals surface area contributed by atoms with Crippen LogP contribution in [0.15, 0.2) is 48.5 Å². The van der Waals surface area contributed by atoms with Gasteiger partial charge in [-0.2, -0.15) is 0 Å². The number of hydrogen-bond acceptors (Lipinski definition) is 4. The van der Waals surface area contributed by atoms with Crippen molar-refractivity contribution in [1.82, 2.24) is 0 Å². The highest BCUT2D eigenvalue weighted by Crippen LogP contribution is 2.43. The van der Waals surface area contributed by atoms with Crippen LogP contribution in [0.4, 0.5) is 5.69 Å². The van der Waals surface area contributed by atoms with E-state index in [2.05, 4.69) is 41.5 Å². The molecule has 0 aliphatic carbocycles. The summed E-state index contributed by atoms with van der Waals surface area (Å²) in [5, 5.41) is 32.8. The van der Waals surface area contributed by atoms with E-state index in [0.717, 1.165) is 38.9 Å². The third kappa shape index (κ3) is 4.93. The van der Waals surface area contributed by atoms with E-state index >= 15 is 0 Å². The van der Waals surface area contributed by atoms with E-state index in [1.54, 1.807) is 12.1 Å². The molecule has 0 radical (unpaired) electrons. The van der Waals surface area contributed by atoms with Gasteiger partial charge in [0.25, 0.3) is 5.69 Å². The molecule has 0 aromatic heterocycles. The summed E-state index contributed by atoms with van der Waals surface area (Å²) < 4.78 is 0. The molecule has 0 fully saturated rings. The number of aromatic hydroxyl groups is 2. The van der Waals surface area contributed by atoms with Crippen molar-refractivity contribution in [3.8, 4) is 11.5 Å². The molecule has 5 heteroatoms. The van der Waals surface area contributed by atoms with Crippen LogP contribution >= 0.6 is 0 Å². The Hall–Kier alpha value is -3.34. The molecule has 3 aromatic carbocycles. The Kier molecular flexibility index (Phi) is 6.53. The minimum atomic E-state index is -0.399. The van der Waals surface area contributed by atoms with Gasteiger partial charge < -0.3 is 10.2 Å². The Balaban J connectivity index is 2.35. The Bertz CT molecular complexity index is 1160. The van der Waals surface area contributed by atoms with Gasteiger partial charge in [0.05, 0.1) is 4.92 Å². The third-order valence-corrected chi connectivity index (χ3v) is 6.37. The first-order valence-corrected chi connectivity index (χ1v) is 11.5. The van der Waals surface area contributed by atoms with E-state index in [0.29, 0.717) is 0 Å². The first-order valence-electron chi connectivity index (χ1n) is 11.5. The van der Waals surface area contributed by atoms with Gasteiger partial charge in [-0.05, 0) is 63.6 Å². The molecule has 0 spiro atoms. The molecule has 3 rings (SSSR count). The molecule has 0 heterocycles. The molecule has 180 valence electrons.